The van der Waals surface area contributed by atoms with E-state index in [1.54, 1.807) is 0 Å². The fourth-order valence-corrected chi connectivity index (χ4v) is 0. The fourth-order valence-electron chi connectivity index (χ4n) is 0. The SMILES string of the molecule is [B-].[B-].[B-].[Na+].[Na+].[Na+]. The molecule has 0 aliphatic rings. The van der Waals surface area contributed by atoms with Gasteiger partial charge in [0.15, 0.2) is 0 Å². The van der Waals surface area contributed by atoms with Gasteiger partial charge in [-0.3, -0.25) is 0 Å². The van der Waals surface area contributed by atoms with Crippen molar-refractivity contribution < 1.29 is 88.7 Å². The number of rotatable bonds is 0. The van der Waals surface area contributed by atoms with Crippen molar-refractivity contribution in [1.82, 2.24) is 0 Å². The average Bonchev–Trinajstić information content (AvgIpc) is 0. The van der Waals surface area contributed by atoms with Crippen LogP contribution in [0.15, 0.2) is 0 Å². The summed E-state index contributed by atoms with van der Waals surface area (Å²) < 4.78 is 0. The fraction of sp³-hybridized carbons (Fsp3) is 0. The summed E-state index contributed by atoms with van der Waals surface area (Å²) in [4.78, 5) is 0. The van der Waals surface area contributed by atoms with Gasteiger partial charge in [0.2, 0.25) is 0 Å². The minimum Gasteiger partial charge on any atom is -1.00 e. The molecule has 0 aliphatic heterocycles. The van der Waals surface area contributed by atoms with Gasteiger partial charge < -0.3 is 25.2 Å². The van der Waals surface area contributed by atoms with Gasteiger partial charge in [-0.05, 0) is 0 Å². The maximum absolute atomic E-state index is 0. The summed E-state index contributed by atoms with van der Waals surface area (Å²) in [5.41, 5.74) is 0. The van der Waals surface area contributed by atoms with Crippen LogP contribution in [0.5, 0.6) is 0 Å². The standard InChI is InChI=1S/3B.3Na/q3*-1;3*+1. The number of hydrogen-bond acceptors (Lipinski definition) is 0. The van der Waals surface area contributed by atoms with Crippen LogP contribution in [0.1, 0.15) is 0 Å². The molecule has 0 aromatic carbocycles. The second kappa shape index (κ2) is 41.6. The van der Waals surface area contributed by atoms with Gasteiger partial charge in [-0.15, -0.1) is 0 Å². The van der Waals surface area contributed by atoms with Crippen molar-refractivity contribution >= 4 is 25.2 Å². The zero-order valence-electron chi connectivity index (χ0n) is 4.73. The molecule has 6 heavy (non-hydrogen) atoms. The molecule has 0 spiro atoms. The van der Waals surface area contributed by atoms with E-state index in [9.17, 15) is 0 Å². The molecule has 0 nitrogen and oxygen atoms in total. The molecule has 0 aromatic heterocycles. The van der Waals surface area contributed by atoms with Gasteiger partial charge in [0.1, 0.15) is 0 Å². The molecular formula is B3Na3. The third-order valence-corrected chi connectivity index (χ3v) is 0. The van der Waals surface area contributed by atoms with Crippen molar-refractivity contribution in [2.24, 2.45) is 0 Å². The molecule has 0 heterocycles. The van der Waals surface area contributed by atoms with Gasteiger partial charge in [-0.25, -0.2) is 0 Å². The first-order chi connectivity index (χ1) is 0. The minimum atomic E-state index is 0. The Morgan fingerprint density at radius 2 is 0.333 bits per heavy atom. The maximum atomic E-state index is 0. The van der Waals surface area contributed by atoms with Crippen molar-refractivity contribution in [3.05, 3.63) is 0 Å². The zero-order valence-corrected chi connectivity index (χ0v) is 10.7. The molecule has 12 valence electrons. The molecule has 0 amide bonds. The monoisotopic (exact) mass is 102 g/mol. The topological polar surface area (TPSA) is 0 Å². The molecule has 0 saturated heterocycles. The zero-order chi connectivity index (χ0) is 0. The van der Waals surface area contributed by atoms with Crippen molar-refractivity contribution in [1.29, 1.82) is 0 Å². The van der Waals surface area contributed by atoms with E-state index in [-0.39, 0.29) is 114 Å². The Bertz CT molecular complexity index is 6.00. The van der Waals surface area contributed by atoms with Crippen LogP contribution >= 0.6 is 0 Å². The summed E-state index contributed by atoms with van der Waals surface area (Å²) in [7, 11) is 0. The van der Waals surface area contributed by atoms with E-state index in [1.807, 2.05) is 0 Å². The predicted octanol–water partition coefficient (Wildman–Crippen LogP) is -10.1. The quantitative estimate of drug-likeness (QED) is 0.266. The predicted molar refractivity (Wildman–Crippen MR) is 17.3 cm³/mol. The number of hydrogen-bond donors (Lipinski definition) is 0. The molecule has 0 aromatic rings. The summed E-state index contributed by atoms with van der Waals surface area (Å²) in [6.07, 6.45) is 0. The van der Waals surface area contributed by atoms with E-state index in [1.165, 1.54) is 0 Å². The van der Waals surface area contributed by atoms with E-state index in [4.69, 9.17) is 0 Å². The van der Waals surface area contributed by atoms with Crippen LogP contribution in [0.2, 0.25) is 0 Å². The molecular weight excluding hydrogens is 101 g/mol. The Balaban J connectivity index is 0. The van der Waals surface area contributed by atoms with Gasteiger partial charge in [0.25, 0.3) is 0 Å². The van der Waals surface area contributed by atoms with Crippen LogP contribution in [0.25, 0.3) is 0 Å². The second-order valence-electron chi connectivity index (χ2n) is 0. The van der Waals surface area contributed by atoms with Gasteiger partial charge >= 0.3 is 88.7 Å². The molecule has 0 bridgehead atoms. The normalized spacial score (nSPS) is 0. The van der Waals surface area contributed by atoms with Gasteiger partial charge in [0, 0.05) is 0 Å². The van der Waals surface area contributed by atoms with Crippen LogP contribution in [-0.4, -0.2) is 25.2 Å². The smallest absolute Gasteiger partial charge is 1.00 e. The van der Waals surface area contributed by atoms with Crippen LogP contribution in [0.4, 0.5) is 0 Å². The molecule has 6 heteroatoms. The maximum Gasteiger partial charge on any atom is 1.00 e. The Morgan fingerprint density at radius 1 is 0.333 bits per heavy atom. The van der Waals surface area contributed by atoms with Gasteiger partial charge in [-0.2, -0.15) is 0 Å². The summed E-state index contributed by atoms with van der Waals surface area (Å²) in [5, 5.41) is 0. The molecule has 0 fully saturated rings. The van der Waals surface area contributed by atoms with Crippen molar-refractivity contribution in [2.75, 3.05) is 0 Å². The summed E-state index contributed by atoms with van der Waals surface area (Å²) in [6.45, 7) is 0. The molecule has 0 rings (SSSR count). The molecule has 0 atom stereocenters. The first-order valence-electron chi connectivity index (χ1n) is 0. The van der Waals surface area contributed by atoms with Crippen LogP contribution in [-0.2, 0) is 0 Å². The van der Waals surface area contributed by atoms with Gasteiger partial charge in [0.05, 0.1) is 0 Å². The Hall–Kier alpha value is 3.19. The van der Waals surface area contributed by atoms with Crippen LogP contribution in [0, 0.1) is 0 Å². The van der Waals surface area contributed by atoms with Crippen molar-refractivity contribution in [3.63, 3.8) is 0 Å². The third-order valence-electron chi connectivity index (χ3n) is 0. The molecule has 0 aliphatic carbocycles. The van der Waals surface area contributed by atoms with E-state index in [0.717, 1.165) is 0 Å². The Kier molecular flexibility index (Phi) is 419. The van der Waals surface area contributed by atoms with Crippen LogP contribution in [0.3, 0.4) is 0 Å². The molecule has 0 N–H and O–H groups in total. The molecule has 0 saturated carbocycles. The van der Waals surface area contributed by atoms with Crippen LogP contribution < -0.4 is 88.7 Å². The second-order valence-corrected chi connectivity index (χ2v) is 0. The van der Waals surface area contributed by atoms with E-state index < -0.39 is 0 Å². The summed E-state index contributed by atoms with van der Waals surface area (Å²) in [6, 6.07) is 0. The van der Waals surface area contributed by atoms with Crippen molar-refractivity contribution in [2.45, 2.75) is 0 Å². The Labute approximate surface area is 112 Å². The van der Waals surface area contributed by atoms with Crippen molar-refractivity contribution in [3.8, 4) is 0 Å². The van der Waals surface area contributed by atoms with E-state index >= 15 is 0 Å². The summed E-state index contributed by atoms with van der Waals surface area (Å²) in [5.74, 6) is 0. The summed E-state index contributed by atoms with van der Waals surface area (Å²) >= 11 is 0. The average molecular weight is 101 g/mol. The largest absolute Gasteiger partial charge is 1.00 e. The first kappa shape index (κ1) is 60.5. The molecule has 0 unspecified atom stereocenters. The van der Waals surface area contributed by atoms with Gasteiger partial charge in [-0.1, -0.05) is 0 Å². The minimum absolute atomic E-state index is 0. The van der Waals surface area contributed by atoms with E-state index in [2.05, 4.69) is 0 Å². The molecule has 12 radical (unpaired) electrons. The Morgan fingerprint density at radius 3 is 0.333 bits per heavy atom. The van der Waals surface area contributed by atoms with E-state index in [0.29, 0.717) is 0 Å². The first-order valence-corrected chi connectivity index (χ1v) is 0. The third kappa shape index (κ3) is 27.1.